The molecule has 2 N–H and O–H groups in total. The minimum absolute atomic E-state index is 0.318. The predicted molar refractivity (Wildman–Crippen MR) is 135 cm³/mol. The highest BCUT2D eigenvalue weighted by Crippen LogP contribution is 2.41. The summed E-state index contributed by atoms with van der Waals surface area (Å²) in [6, 6.07) is 10.3. The Morgan fingerprint density at radius 2 is 1.81 bits per heavy atom. The van der Waals surface area contributed by atoms with Crippen molar-refractivity contribution in [1.29, 1.82) is 0 Å². The van der Waals surface area contributed by atoms with Gasteiger partial charge in [-0.15, -0.1) is 11.3 Å². The number of carbonyl (C=O) groups is 1. The monoisotopic (exact) mass is 458 g/mol. The third kappa shape index (κ3) is 5.86. The molecule has 6 heteroatoms. The first-order valence-electron chi connectivity index (χ1n) is 11.1. The molecule has 4 nitrogen and oxygen atoms in total. The van der Waals surface area contributed by atoms with Crippen molar-refractivity contribution >= 4 is 39.6 Å². The zero-order valence-electron chi connectivity index (χ0n) is 19.2. The van der Waals surface area contributed by atoms with Crippen LogP contribution in [0.15, 0.2) is 30.3 Å². The molecule has 31 heavy (non-hydrogen) atoms. The lowest BCUT2D eigenvalue weighted by Gasteiger charge is -2.37. The van der Waals surface area contributed by atoms with Gasteiger partial charge in [-0.25, -0.2) is 4.79 Å². The molecule has 1 saturated carbocycles. The fraction of sp³-hybridized carbons (Fsp3) is 0.520. The number of hydrogen-bond acceptors (Lipinski definition) is 4. The number of rotatable bonds is 5. The van der Waals surface area contributed by atoms with Gasteiger partial charge in [-0.2, -0.15) is 0 Å². The van der Waals surface area contributed by atoms with Crippen LogP contribution in [0.5, 0.6) is 0 Å². The third-order valence-corrected chi connectivity index (χ3v) is 7.38. The predicted octanol–water partition coefficient (Wildman–Crippen LogP) is 6.79. The number of carbonyl (C=O) groups excluding carboxylic acids is 1. The minimum Gasteiger partial charge on any atom is -0.462 e. The van der Waals surface area contributed by atoms with Crippen LogP contribution < -0.4 is 10.6 Å². The van der Waals surface area contributed by atoms with E-state index in [9.17, 15) is 4.79 Å². The highest BCUT2D eigenvalue weighted by Gasteiger charge is 2.30. The second-order valence-electron chi connectivity index (χ2n) is 9.34. The van der Waals surface area contributed by atoms with E-state index in [1.165, 1.54) is 12.8 Å². The van der Waals surface area contributed by atoms with E-state index in [1.54, 1.807) is 11.3 Å². The standard InChI is InChI=1S/C25H34N2O2S2/c1-6-29-23(28)21-20(17-10-8-7-9-11-17)16(2)31-22(21)27-24(30)26-19-14-12-18(13-15-19)25(3,4)5/h7-11,18-19H,6,12-15H2,1-5H3,(H2,26,27,30). The van der Waals surface area contributed by atoms with Crippen LogP contribution in [0, 0.1) is 18.3 Å². The summed E-state index contributed by atoms with van der Waals surface area (Å²) >= 11 is 7.18. The Morgan fingerprint density at radius 1 is 1.16 bits per heavy atom. The molecule has 0 unspecified atom stereocenters. The van der Waals surface area contributed by atoms with Crippen molar-refractivity contribution in [3.05, 3.63) is 40.8 Å². The molecule has 3 rings (SSSR count). The van der Waals surface area contributed by atoms with E-state index < -0.39 is 0 Å². The average Bonchev–Trinajstić information content (AvgIpc) is 3.04. The van der Waals surface area contributed by atoms with Gasteiger partial charge in [0.2, 0.25) is 0 Å². The Kier molecular flexibility index (Phi) is 7.76. The van der Waals surface area contributed by atoms with Crippen LogP contribution in [-0.2, 0) is 4.74 Å². The summed E-state index contributed by atoms with van der Waals surface area (Å²) < 4.78 is 5.38. The molecule has 1 aromatic carbocycles. The van der Waals surface area contributed by atoms with Gasteiger partial charge in [-0.3, -0.25) is 0 Å². The first kappa shape index (κ1) is 23.7. The smallest absolute Gasteiger partial charge is 0.341 e. The van der Waals surface area contributed by atoms with E-state index in [4.69, 9.17) is 17.0 Å². The molecular weight excluding hydrogens is 424 g/mol. The lowest BCUT2D eigenvalue weighted by Crippen LogP contribution is -2.41. The summed E-state index contributed by atoms with van der Waals surface area (Å²) in [4.78, 5) is 13.9. The fourth-order valence-corrected chi connectivity index (χ4v) is 5.81. The number of thiocarbonyl (C=S) groups is 1. The SMILES string of the molecule is CCOC(=O)c1c(NC(=S)NC2CCC(C(C)(C)C)CC2)sc(C)c1-c1ccccc1. The van der Waals surface area contributed by atoms with E-state index in [-0.39, 0.29) is 5.97 Å². The number of anilines is 1. The lowest BCUT2D eigenvalue weighted by molar-refractivity contribution is 0.0529. The highest BCUT2D eigenvalue weighted by molar-refractivity contribution is 7.80. The summed E-state index contributed by atoms with van der Waals surface area (Å²) in [6.45, 7) is 11.2. The second-order valence-corrected chi connectivity index (χ2v) is 11.0. The zero-order valence-corrected chi connectivity index (χ0v) is 20.8. The Bertz CT molecular complexity index is 908. The maximum absolute atomic E-state index is 12.9. The summed E-state index contributed by atoms with van der Waals surface area (Å²) in [5.41, 5.74) is 2.85. The molecule has 0 bridgehead atoms. The Morgan fingerprint density at radius 3 is 2.39 bits per heavy atom. The normalized spacial score (nSPS) is 19.0. The number of benzene rings is 1. The van der Waals surface area contributed by atoms with Crippen molar-refractivity contribution in [2.24, 2.45) is 11.3 Å². The quantitative estimate of drug-likeness (QED) is 0.381. The van der Waals surface area contributed by atoms with Crippen LogP contribution in [0.3, 0.4) is 0 Å². The van der Waals surface area contributed by atoms with Gasteiger partial charge in [-0.05, 0) is 68.6 Å². The summed E-state index contributed by atoms with van der Waals surface area (Å²) in [5.74, 6) is 0.442. The van der Waals surface area contributed by atoms with E-state index in [2.05, 4.69) is 31.4 Å². The van der Waals surface area contributed by atoms with Crippen molar-refractivity contribution < 1.29 is 9.53 Å². The number of esters is 1. The topological polar surface area (TPSA) is 50.4 Å². The van der Waals surface area contributed by atoms with Crippen LogP contribution >= 0.6 is 23.6 Å². The number of ether oxygens (including phenoxy) is 1. The molecule has 1 aromatic heterocycles. The Hall–Kier alpha value is -1.92. The number of hydrogen-bond donors (Lipinski definition) is 2. The number of thiophene rings is 1. The van der Waals surface area contributed by atoms with Gasteiger partial charge in [0.15, 0.2) is 5.11 Å². The van der Waals surface area contributed by atoms with Gasteiger partial charge in [0.05, 0.1) is 6.61 Å². The van der Waals surface area contributed by atoms with Gasteiger partial charge in [-0.1, -0.05) is 51.1 Å². The van der Waals surface area contributed by atoms with Crippen molar-refractivity contribution in [2.75, 3.05) is 11.9 Å². The third-order valence-electron chi connectivity index (χ3n) is 6.14. The molecule has 168 valence electrons. The summed E-state index contributed by atoms with van der Waals surface area (Å²) in [7, 11) is 0. The van der Waals surface area contributed by atoms with Crippen LogP contribution in [0.2, 0.25) is 0 Å². The van der Waals surface area contributed by atoms with Crippen molar-refractivity contribution in [3.63, 3.8) is 0 Å². The first-order valence-corrected chi connectivity index (χ1v) is 12.4. The molecule has 0 aliphatic heterocycles. The number of aryl methyl sites for hydroxylation is 1. The van der Waals surface area contributed by atoms with Crippen molar-refractivity contribution in [3.8, 4) is 11.1 Å². The molecular formula is C25H34N2O2S2. The molecule has 1 aliphatic carbocycles. The van der Waals surface area contributed by atoms with Gasteiger partial charge < -0.3 is 15.4 Å². The fourth-order valence-electron chi connectivity index (χ4n) is 4.41. The molecule has 1 heterocycles. The van der Waals surface area contributed by atoms with Crippen LogP contribution in [0.25, 0.3) is 11.1 Å². The van der Waals surface area contributed by atoms with Crippen molar-refractivity contribution in [2.45, 2.75) is 66.3 Å². The van der Waals surface area contributed by atoms with E-state index in [1.807, 2.05) is 44.2 Å². The molecule has 0 spiro atoms. The Balaban J connectivity index is 1.75. The molecule has 2 aromatic rings. The van der Waals surface area contributed by atoms with E-state index in [0.717, 1.165) is 39.8 Å². The average molecular weight is 459 g/mol. The molecule has 0 saturated heterocycles. The zero-order chi connectivity index (χ0) is 22.6. The maximum Gasteiger partial charge on any atom is 0.341 e. The molecule has 1 fully saturated rings. The van der Waals surface area contributed by atoms with Crippen LogP contribution in [-0.4, -0.2) is 23.7 Å². The largest absolute Gasteiger partial charge is 0.462 e. The van der Waals surface area contributed by atoms with E-state index >= 15 is 0 Å². The molecule has 0 amide bonds. The minimum atomic E-state index is -0.318. The van der Waals surface area contributed by atoms with Gasteiger partial charge >= 0.3 is 5.97 Å². The highest BCUT2D eigenvalue weighted by atomic mass is 32.1. The molecule has 0 atom stereocenters. The van der Waals surface area contributed by atoms with Gasteiger partial charge in [0, 0.05) is 16.5 Å². The van der Waals surface area contributed by atoms with E-state index in [0.29, 0.717) is 28.7 Å². The van der Waals surface area contributed by atoms with Gasteiger partial charge in [0.1, 0.15) is 10.6 Å². The lowest BCUT2D eigenvalue weighted by atomic mass is 9.71. The van der Waals surface area contributed by atoms with Crippen LogP contribution in [0.4, 0.5) is 5.00 Å². The van der Waals surface area contributed by atoms with Crippen molar-refractivity contribution in [1.82, 2.24) is 5.32 Å². The molecule has 1 aliphatic rings. The summed E-state index contributed by atoms with van der Waals surface area (Å²) in [6.07, 6.45) is 4.67. The Labute approximate surface area is 195 Å². The second kappa shape index (κ2) is 10.1. The number of nitrogens with one attached hydrogen (secondary N) is 2. The maximum atomic E-state index is 12.9. The van der Waals surface area contributed by atoms with Gasteiger partial charge in [0.25, 0.3) is 0 Å². The first-order chi connectivity index (χ1) is 14.7. The van der Waals surface area contributed by atoms with Crippen LogP contribution in [0.1, 0.15) is 68.6 Å². The summed E-state index contributed by atoms with van der Waals surface area (Å²) in [5, 5.41) is 8.11. The molecule has 0 radical (unpaired) electrons.